The molecule has 0 atom stereocenters. The van der Waals surface area contributed by atoms with Crippen LogP contribution in [0.3, 0.4) is 0 Å². The minimum absolute atomic E-state index is 0.136. The van der Waals surface area contributed by atoms with Crippen LogP contribution in [0.5, 0.6) is 0 Å². The molecule has 0 aromatic heterocycles. The van der Waals surface area contributed by atoms with Crippen LogP contribution in [0, 0.1) is 0 Å². The highest BCUT2D eigenvalue weighted by Crippen LogP contribution is 2.09. The van der Waals surface area contributed by atoms with Crippen molar-refractivity contribution >= 4 is 16.0 Å². The first kappa shape index (κ1) is 16.2. The summed E-state index contributed by atoms with van der Waals surface area (Å²) in [6.45, 7) is -0.313. The Kier molecular flexibility index (Phi) is 6.50. The average Bonchev–Trinajstić information content (AvgIpc) is 2.25. The van der Waals surface area contributed by atoms with Gasteiger partial charge in [0.15, 0.2) is 0 Å². The molecule has 0 rings (SSSR count). The van der Waals surface area contributed by atoms with Gasteiger partial charge in [-0.15, -0.1) is 0 Å². The van der Waals surface area contributed by atoms with Crippen LogP contribution in [-0.4, -0.2) is 45.8 Å². The lowest BCUT2D eigenvalue weighted by molar-refractivity contribution is -0.142. The highest BCUT2D eigenvalue weighted by Gasteiger charge is 2.28. The highest BCUT2D eigenvalue weighted by molar-refractivity contribution is 7.89. The molecule has 0 aromatic rings. The molecule has 0 saturated heterocycles. The Bertz CT molecular complexity index is 345. The van der Waals surface area contributed by atoms with E-state index in [1.54, 1.807) is 11.6 Å². The highest BCUT2D eigenvalue weighted by atomic mass is 32.2. The minimum Gasteiger partial charge on any atom is -0.466 e. The number of alkyl halides is 2. The van der Waals surface area contributed by atoms with Gasteiger partial charge in [-0.3, -0.25) is 4.79 Å². The molecule has 0 saturated carbocycles. The molecule has 3 N–H and O–H groups in total. The second-order valence-corrected chi connectivity index (χ2v) is 5.18. The quantitative estimate of drug-likeness (QED) is 0.579. The van der Waals surface area contributed by atoms with E-state index in [0.717, 1.165) is 0 Å². The van der Waals surface area contributed by atoms with E-state index >= 15 is 0 Å². The Hall–Kier alpha value is -0.800. The Balaban J connectivity index is 4.09. The lowest BCUT2D eigenvalue weighted by Gasteiger charge is -2.14. The lowest BCUT2D eigenvalue weighted by atomic mass is 10.3. The number of ether oxygens (including phenoxy) is 1. The number of carbonyl (C=O) groups excluding carboxylic acids is 1. The first-order valence-electron chi connectivity index (χ1n) is 4.93. The van der Waals surface area contributed by atoms with Crippen LogP contribution in [0.4, 0.5) is 8.78 Å². The number of carbonyl (C=O) groups is 1. The van der Waals surface area contributed by atoms with E-state index in [2.05, 4.69) is 4.74 Å². The van der Waals surface area contributed by atoms with Crippen molar-refractivity contribution in [1.29, 1.82) is 0 Å². The summed E-state index contributed by atoms with van der Waals surface area (Å²) >= 11 is 0. The summed E-state index contributed by atoms with van der Waals surface area (Å²) in [6.07, 6.45) is -0.378. The Morgan fingerprint density at radius 1 is 1.47 bits per heavy atom. The van der Waals surface area contributed by atoms with E-state index in [0.29, 0.717) is 0 Å². The number of nitrogens with two attached hydrogens (primary N) is 1. The summed E-state index contributed by atoms with van der Waals surface area (Å²) in [4.78, 5) is 10.9. The molecule has 9 heteroatoms. The number of esters is 1. The molecule has 102 valence electrons. The molecule has 0 radical (unpaired) electrons. The van der Waals surface area contributed by atoms with Crippen molar-refractivity contribution in [3.05, 3.63) is 0 Å². The Morgan fingerprint density at radius 3 is 2.53 bits per heavy atom. The Labute approximate surface area is 98.6 Å². The maximum atomic E-state index is 12.7. The molecule has 0 heterocycles. The second kappa shape index (κ2) is 6.82. The third-order valence-electron chi connectivity index (χ3n) is 1.73. The van der Waals surface area contributed by atoms with Crippen LogP contribution in [-0.2, 0) is 19.6 Å². The lowest BCUT2D eigenvalue weighted by Crippen LogP contribution is -2.42. The average molecular weight is 274 g/mol. The zero-order valence-electron chi connectivity index (χ0n) is 9.41. The fourth-order valence-corrected chi connectivity index (χ4v) is 1.82. The molecular weight excluding hydrogens is 258 g/mol. The van der Waals surface area contributed by atoms with Crippen LogP contribution in [0.1, 0.15) is 13.3 Å². The molecule has 0 aromatic carbocycles. The summed E-state index contributed by atoms with van der Waals surface area (Å²) in [7, 11) is -3.92. The standard InChI is InChI=1S/C8H16F2N2O4S/c1-2-16-7(13)3-4-17(14,15)12-6-8(9,10)5-11/h12H,2-6,11H2,1H3. The molecule has 0 fully saturated rings. The van der Waals surface area contributed by atoms with Gasteiger partial charge in [0.25, 0.3) is 5.92 Å². The first-order valence-corrected chi connectivity index (χ1v) is 6.58. The summed E-state index contributed by atoms with van der Waals surface area (Å²) < 4.78 is 53.9. The third kappa shape index (κ3) is 8.00. The van der Waals surface area contributed by atoms with Crippen LogP contribution < -0.4 is 10.5 Å². The zero-order valence-corrected chi connectivity index (χ0v) is 10.2. The topological polar surface area (TPSA) is 98.5 Å². The maximum Gasteiger partial charge on any atom is 0.306 e. The molecule has 0 bridgehead atoms. The Morgan fingerprint density at radius 2 is 2.06 bits per heavy atom. The van der Waals surface area contributed by atoms with E-state index in [-0.39, 0.29) is 13.0 Å². The molecule has 0 aliphatic carbocycles. The SMILES string of the molecule is CCOC(=O)CCS(=O)(=O)NCC(F)(F)CN. The summed E-state index contributed by atoms with van der Waals surface area (Å²) in [6, 6.07) is 0. The van der Waals surface area contributed by atoms with Gasteiger partial charge in [-0.25, -0.2) is 21.9 Å². The van der Waals surface area contributed by atoms with Crippen LogP contribution in [0.2, 0.25) is 0 Å². The predicted molar refractivity (Wildman–Crippen MR) is 57.0 cm³/mol. The van der Waals surface area contributed by atoms with E-state index in [1.165, 1.54) is 0 Å². The number of hydrogen-bond donors (Lipinski definition) is 2. The molecule has 0 aliphatic rings. The van der Waals surface area contributed by atoms with Gasteiger partial charge in [-0.2, -0.15) is 0 Å². The number of hydrogen-bond acceptors (Lipinski definition) is 5. The molecule has 0 spiro atoms. The van der Waals surface area contributed by atoms with Crippen molar-refractivity contribution in [2.45, 2.75) is 19.3 Å². The van der Waals surface area contributed by atoms with E-state index in [4.69, 9.17) is 5.73 Å². The number of rotatable bonds is 8. The van der Waals surface area contributed by atoms with Gasteiger partial charge in [0.1, 0.15) is 0 Å². The van der Waals surface area contributed by atoms with Gasteiger partial charge in [0, 0.05) is 0 Å². The maximum absolute atomic E-state index is 12.7. The summed E-state index contributed by atoms with van der Waals surface area (Å²) in [5.74, 6) is -4.58. The fraction of sp³-hybridized carbons (Fsp3) is 0.875. The normalized spacial score (nSPS) is 12.5. The van der Waals surface area contributed by atoms with Crippen LogP contribution in [0.25, 0.3) is 0 Å². The van der Waals surface area contributed by atoms with Crippen molar-refractivity contribution in [2.75, 3.05) is 25.4 Å². The van der Waals surface area contributed by atoms with E-state index < -0.39 is 40.8 Å². The second-order valence-electron chi connectivity index (χ2n) is 3.26. The van der Waals surface area contributed by atoms with Crippen molar-refractivity contribution in [1.82, 2.24) is 4.72 Å². The van der Waals surface area contributed by atoms with Crippen molar-refractivity contribution < 1.29 is 26.7 Å². The molecule has 0 aliphatic heterocycles. The van der Waals surface area contributed by atoms with Gasteiger partial charge >= 0.3 is 5.97 Å². The molecule has 6 nitrogen and oxygen atoms in total. The molecule has 0 unspecified atom stereocenters. The van der Waals surface area contributed by atoms with Gasteiger partial charge in [-0.05, 0) is 6.92 Å². The largest absolute Gasteiger partial charge is 0.466 e. The van der Waals surface area contributed by atoms with Crippen LogP contribution in [0.15, 0.2) is 0 Å². The third-order valence-corrected chi connectivity index (χ3v) is 3.06. The first-order chi connectivity index (χ1) is 7.72. The van der Waals surface area contributed by atoms with Gasteiger partial charge in [0.2, 0.25) is 10.0 Å². The number of halogens is 2. The van der Waals surface area contributed by atoms with E-state index in [1.807, 2.05) is 0 Å². The molecular formula is C8H16F2N2O4S. The van der Waals surface area contributed by atoms with Gasteiger partial charge in [-0.1, -0.05) is 0 Å². The smallest absolute Gasteiger partial charge is 0.306 e. The van der Waals surface area contributed by atoms with Gasteiger partial charge < -0.3 is 10.5 Å². The number of nitrogens with one attached hydrogen (secondary N) is 1. The summed E-state index contributed by atoms with van der Waals surface area (Å²) in [5, 5.41) is 0. The summed E-state index contributed by atoms with van der Waals surface area (Å²) in [5.41, 5.74) is 4.74. The minimum atomic E-state index is -3.92. The monoisotopic (exact) mass is 274 g/mol. The van der Waals surface area contributed by atoms with Crippen LogP contribution >= 0.6 is 0 Å². The molecule has 17 heavy (non-hydrogen) atoms. The van der Waals surface area contributed by atoms with Crippen molar-refractivity contribution in [3.63, 3.8) is 0 Å². The van der Waals surface area contributed by atoms with Crippen molar-refractivity contribution in [3.8, 4) is 0 Å². The predicted octanol–water partition coefficient (Wildman–Crippen LogP) is -0.547. The molecule has 0 amide bonds. The van der Waals surface area contributed by atoms with E-state index in [9.17, 15) is 22.0 Å². The number of sulfonamides is 1. The zero-order chi connectivity index (χ0) is 13.5. The van der Waals surface area contributed by atoms with Crippen molar-refractivity contribution in [2.24, 2.45) is 5.73 Å². The van der Waals surface area contributed by atoms with Gasteiger partial charge in [0.05, 0.1) is 31.9 Å². The fourth-order valence-electron chi connectivity index (χ4n) is 0.811.